The topological polar surface area (TPSA) is 89.4 Å². The predicted octanol–water partition coefficient (Wildman–Crippen LogP) is 1.62. The molecule has 1 N–H and O–H groups in total. The molecule has 0 atom stereocenters. The third-order valence-electron chi connectivity index (χ3n) is 3.86. The highest BCUT2D eigenvalue weighted by Gasteiger charge is 2.26. The summed E-state index contributed by atoms with van der Waals surface area (Å²) in [6.07, 6.45) is 0. The second-order valence-corrected chi connectivity index (χ2v) is 6.26. The van der Waals surface area contributed by atoms with Crippen LogP contribution in [0.25, 0.3) is 11.4 Å². The van der Waals surface area contributed by atoms with Crippen LogP contribution in [0, 0.1) is 0 Å². The first-order valence-electron chi connectivity index (χ1n) is 7.93. The minimum atomic E-state index is -0.336. The number of aromatic nitrogens is 3. The van der Waals surface area contributed by atoms with Crippen molar-refractivity contribution in [3.8, 4) is 17.1 Å². The average molecular weight is 361 g/mol. The van der Waals surface area contributed by atoms with Gasteiger partial charge in [-0.2, -0.15) is 0 Å². The maximum absolute atomic E-state index is 12.2. The molecule has 3 rings (SSSR count). The first kappa shape index (κ1) is 17.3. The fourth-order valence-corrected chi connectivity index (χ4v) is 3.50. The summed E-state index contributed by atoms with van der Waals surface area (Å²) in [6.45, 7) is 3.55. The van der Waals surface area contributed by atoms with Gasteiger partial charge in [0.2, 0.25) is 5.91 Å². The molecule has 0 spiro atoms. The number of urea groups is 1. The Hall–Kier alpha value is -2.55. The Morgan fingerprint density at radius 1 is 1.36 bits per heavy atom. The predicted molar refractivity (Wildman–Crippen MR) is 93.5 cm³/mol. The Morgan fingerprint density at radius 3 is 2.84 bits per heavy atom. The van der Waals surface area contributed by atoms with E-state index in [9.17, 15) is 9.59 Å². The van der Waals surface area contributed by atoms with Crippen molar-refractivity contribution in [1.29, 1.82) is 0 Å². The van der Waals surface area contributed by atoms with E-state index in [2.05, 4.69) is 15.5 Å². The quantitative estimate of drug-likeness (QED) is 0.787. The molecule has 0 radical (unpaired) electrons. The van der Waals surface area contributed by atoms with Crippen LogP contribution in [0.5, 0.6) is 5.75 Å². The van der Waals surface area contributed by atoms with Gasteiger partial charge in [-0.15, -0.1) is 10.2 Å². The van der Waals surface area contributed by atoms with Gasteiger partial charge in [0.25, 0.3) is 0 Å². The van der Waals surface area contributed by atoms with Crippen molar-refractivity contribution in [3.63, 3.8) is 0 Å². The number of thioether (sulfide) groups is 1. The number of amides is 3. The Bertz CT molecular complexity index is 792. The van der Waals surface area contributed by atoms with Gasteiger partial charge in [-0.1, -0.05) is 23.9 Å². The summed E-state index contributed by atoms with van der Waals surface area (Å²) in [4.78, 5) is 24.9. The molecular weight excluding hydrogens is 342 g/mol. The van der Waals surface area contributed by atoms with Gasteiger partial charge in [0, 0.05) is 19.6 Å². The summed E-state index contributed by atoms with van der Waals surface area (Å²) < 4.78 is 7.32. The number of hydrogen-bond donors (Lipinski definition) is 1. The van der Waals surface area contributed by atoms with Crippen molar-refractivity contribution in [2.24, 2.45) is 0 Å². The van der Waals surface area contributed by atoms with Gasteiger partial charge in [-0.25, -0.2) is 4.79 Å². The zero-order valence-electron chi connectivity index (χ0n) is 14.1. The molecule has 1 aliphatic rings. The van der Waals surface area contributed by atoms with Crippen LogP contribution < -0.4 is 10.1 Å². The molecule has 1 aromatic carbocycles. The van der Waals surface area contributed by atoms with Crippen molar-refractivity contribution in [3.05, 3.63) is 24.3 Å². The number of carbonyl (C=O) groups is 2. The molecule has 1 aromatic heterocycles. The molecule has 132 valence electrons. The second-order valence-electron chi connectivity index (χ2n) is 5.32. The summed E-state index contributed by atoms with van der Waals surface area (Å²) in [5.41, 5.74) is 0.844. The Balaban J connectivity index is 1.78. The molecule has 9 heteroatoms. The third kappa shape index (κ3) is 3.46. The number of ether oxygens (including phenoxy) is 1. The Labute approximate surface area is 149 Å². The monoisotopic (exact) mass is 361 g/mol. The summed E-state index contributed by atoms with van der Waals surface area (Å²) in [6, 6.07) is 7.26. The van der Waals surface area contributed by atoms with E-state index in [1.807, 2.05) is 35.8 Å². The van der Waals surface area contributed by atoms with E-state index in [-0.39, 0.29) is 17.7 Å². The van der Waals surface area contributed by atoms with Crippen molar-refractivity contribution in [2.45, 2.75) is 18.6 Å². The number of nitrogens with zero attached hydrogens (tertiary/aromatic N) is 4. The lowest BCUT2D eigenvalue weighted by molar-refractivity contribution is -0.124. The maximum Gasteiger partial charge on any atom is 0.324 e. The first-order valence-corrected chi connectivity index (χ1v) is 8.91. The minimum Gasteiger partial charge on any atom is -0.496 e. The molecule has 8 nitrogen and oxygen atoms in total. The third-order valence-corrected chi connectivity index (χ3v) is 4.82. The van der Waals surface area contributed by atoms with E-state index in [0.29, 0.717) is 36.4 Å². The molecule has 3 amide bonds. The molecule has 2 heterocycles. The number of methoxy groups -OCH3 is 1. The first-order chi connectivity index (χ1) is 12.2. The summed E-state index contributed by atoms with van der Waals surface area (Å²) >= 11 is 1.27. The van der Waals surface area contributed by atoms with Crippen LogP contribution in [0.4, 0.5) is 4.79 Å². The number of carbonyl (C=O) groups excluding carboxylic acids is 2. The van der Waals surface area contributed by atoms with Crippen LogP contribution in [0.3, 0.4) is 0 Å². The number of benzene rings is 1. The smallest absolute Gasteiger partial charge is 0.324 e. The zero-order chi connectivity index (χ0) is 17.8. The highest BCUT2D eigenvalue weighted by Crippen LogP contribution is 2.30. The van der Waals surface area contributed by atoms with Crippen LogP contribution >= 0.6 is 11.8 Å². The average Bonchev–Trinajstić information content (AvgIpc) is 3.25. The lowest BCUT2D eigenvalue weighted by Gasteiger charge is -2.12. The largest absolute Gasteiger partial charge is 0.496 e. The van der Waals surface area contributed by atoms with E-state index in [0.717, 1.165) is 5.56 Å². The number of hydrogen-bond acceptors (Lipinski definition) is 6. The van der Waals surface area contributed by atoms with Crippen LogP contribution in [0.2, 0.25) is 0 Å². The van der Waals surface area contributed by atoms with Gasteiger partial charge in [0.05, 0.1) is 18.4 Å². The summed E-state index contributed by atoms with van der Waals surface area (Å²) in [7, 11) is 1.61. The zero-order valence-corrected chi connectivity index (χ0v) is 14.9. The summed E-state index contributed by atoms with van der Waals surface area (Å²) in [5, 5.41) is 11.7. The number of para-hydroxylation sites is 1. The van der Waals surface area contributed by atoms with Crippen LogP contribution in [-0.2, 0) is 11.3 Å². The van der Waals surface area contributed by atoms with Gasteiger partial charge in [-0.3, -0.25) is 9.69 Å². The van der Waals surface area contributed by atoms with E-state index in [1.54, 1.807) is 7.11 Å². The van der Waals surface area contributed by atoms with E-state index >= 15 is 0 Å². The highest BCUT2D eigenvalue weighted by atomic mass is 32.2. The van der Waals surface area contributed by atoms with Crippen LogP contribution in [-0.4, -0.2) is 57.6 Å². The van der Waals surface area contributed by atoms with Gasteiger partial charge >= 0.3 is 6.03 Å². The second kappa shape index (κ2) is 7.56. The SMILES string of the molecule is CCn1c(SCC(=O)N2CCNC2=O)nnc1-c1ccccc1OC. The maximum atomic E-state index is 12.2. The molecule has 25 heavy (non-hydrogen) atoms. The van der Waals surface area contributed by atoms with Crippen molar-refractivity contribution in [1.82, 2.24) is 25.0 Å². The number of rotatable bonds is 6. The van der Waals surface area contributed by atoms with Crippen LogP contribution in [0.15, 0.2) is 29.4 Å². The standard InChI is InChI=1S/C16H19N5O3S/c1-3-20-14(11-6-4-5-7-12(11)24-2)18-19-16(20)25-10-13(22)21-9-8-17-15(21)23/h4-7H,3,8-10H2,1-2H3,(H,17,23). The van der Waals surface area contributed by atoms with Crippen molar-refractivity contribution in [2.75, 3.05) is 26.0 Å². The molecule has 2 aromatic rings. The summed E-state index contributed by atoms with van der Waals surface area (Å²) in [5.74, 6) is 1.31. The number of nitrogens with one attached hydrogen (secondary N) is 1. The van der Waals surface area contributed by atoms with Crippen molar-refractivity contribution >= 4 is 23.7 Å². The molecular formula is C16H19N5O3S. The fourth-order valence-electron chi connectivity index (χ4n) is 2.62. The van der Waals surface area contributed by atoms with Gasteiger partial charge in [-0.05, 0) is 19.1 Å². The Morgan fingerprint density at radius 2 is 2.16 bits per heavy atom. The molecule has 1 saturated heterocycles. The highest BCUT2D eigenvalue weighted by molar-refractivity contribution is 7.99. The molecule has 0 bridgehead atoms. The molecule has 0 aliphatic carbocycles. The van der Waals surface area contributed by atoms with E-state index < -0.39 is 0 Å². The van der Waals surface area contributed by atoms with Gasteiger partial charge < -0.3 is 14.6 Å². The lowest BCUT2D eigenvalue weighted by atomic mass is 10.2. The normalized spacial score (nSPS) is 13.8. The lowest BCUT2D eigenvalue weighted by Crippen LogP contribution is -2.35. The molecule has 0 saturated carbocycles. The fraction of sp³-hybridized carbons (Fsp3) is 0.375. The minimum absolute atomic E-state index is 0.136. The van der Waals surface area contributed by atoms with Crippen molar-refractivity contribution < 1.29 is 14.3 Å². The molecule has 1 aliphatic heterocycles. The van der Waals surface area contributed by atoms with Crippen LogP contribution in [0.1, 0.15) is 6.92 Å². The molecule has 0 unspecified atom stereocenters. The molecule has 1 fully saturated rings. The number of imide groups is 1. The van der Waals surface area contributed by atoms with Gasteiger partial charge in [0.1, 0.15) is 5.75 Å². The van der Waals surface area contributed by atoms with Gasteiger partial charge in [0.15, 0.2) is 11.0 Å². The Kier molecular flexibility index (Phi) is 5.22. The van der Waals surface area contributed by atoms with E-state index in [1.165, 1.54) is 16.7 Å². The van der Waals surface area contributed by atoms with E-state index in [4.69, 9.17) is 4.74 Å².